The Morgan fingerprint density at radius 2 is 1.36 bits per heavy atom. The predicted octanol–water partition coefficient (Wildman–Crippen LogP) is -0.141. The van der Waals surface area contributed by atoms with Crippen LogP contribution in [0.5, 0.6) is 5.75 Å². The number of amides is 6. The van der Waals surface area contributed by atoms with Crippen LogP contribution >= 0.6 is 0 Å². The van der Waals surface area contributed by atoms with Crippen LogP contribution in [0.1, 0.15) is 135 Å². The standard InChI is InChI=1S/C52H83N9O14/c1-30(2)36(52(74)75)28-44(66)40-17-18-47(69)58-23-19-48(70)57-22-9-6-12-39(45(67)29-37(31(3)62)51(73)60-40)59-49(71)33(10-4-7-20-53)25-43(65)41(24-32-13-15-35(63)16-14-32)61-50(72)34(27-46(56)68)26-42(64)38(55)11-5-8-21-54/h13-16,30-31,33-34,36-41,62-63H,4-12,17-29,53-55H2,1-3H3,(H2,56,68)(H,57,70)(H,58,69)(H,59,71)(H,60,73)(H,61,72)(H,74,75)/t31?,33-,34+,36+,37+,38?,39?,40?,41?/m1/s1. The largest absolute Gasteiger partial charge is 0.508 e. The van der Waals surface area contributed by atoms with Crippen LogP contribution in [0.2, 0.25) is 0 Å². The van der Waals surface area contributed by atoms with Crippen LogP contribution in [0.3, 0.4) is 0 Å². The summed E-state index contributed by atoms with van der Waals surface area (Å²) in [6, 6.07) is 0.795. The minimum atomic E-state index is -1.49. The van der Waals surface area contributed by atoms with Gasteiger partial charge in [-0.2, -0.15) is 0 Å². The number of hydrogen-bond acceptors (Lipinski definition) is 16. The first kappa shape index (κ1) is 64.9. The molecule has 1 aromatic carbocycles. The number of carbonyl (C=O) groups is 11. The van der Waals surface area contributed by atoms with Crippen molar-refractivity contribution in [1.29, 1.82) is 0 Å². The molecule has 23 nitrogen and oxygen atoms in total. The van der Waals surface area contributed by atoms with Crippen molar-refractivity contribution in [3.63, 3.8) is 0 Å². The average Bonchev–Trinajstić information content (AvgIpc) is 3.34. The van der Waals surface area contributed by atoms with Crippen molar-refractivity contribution in [3.05, 3.63) is 29.8 Å². The van der Waals surface area contributed by atoms with Crippen molar-refractivity contribution < 1.29 is 68.1 Å². The molecule has 1 aliphatic heterocycles. The number of Topliss-reactive ketones (excluding diaryl/α,β-unsaturated/α-hetero) is 4. The minimum Gasteiger partial charge on any atom is -0.508 e. The number of aromatic hydroxyl groups is 1. The Hall–Kier alpha value is -6.17. The van der Waals surface area contributed by atoms with E-state index in [1.54, 1.807) is 13.8 Å². The number of phenols is 1. The number of ketones is 4. The molecule has 1 heterocycles. The molecule has 5 unspecified atom stereocenters. The number of carbonyl (C=O) groups excluding carboxylic acids is 10. The molecule has 2 rings (SSSR count). The number of aliphatic hydroxyl groups excluding tert-OH is 1. The second-order valence-corrected chi connectivity index (χ2v) is 20.0. The molecule has 75 heavy (non-hydrogen) atoms. The second kappa shape index (κ2) is 34.4. The Bertz CT molecular complexity index is 2090. The van der Waals surface area contributed by atoms with Gasteiger partial charge in [-0.15, -0.1) is 0 Å². The van der Waals surface area contributed by atoms with Crippen LogP contribution in [0.25, 0.3) is 0 Å². The highest BCUT2D eigenvalue weighted by atomic mass is 16.4. The SMILES string of the molecule is CC(C)[C@H](CC(=O)C1CCC(=O)NCCC(=O)NCCCCC(NC(=O)[C@H](CCCCN)CC(=O)C(Cc2ccc(O)cc2)NC(=O)[C@H](CC(N)=O)CC(=O)C(N)CCCCN)C(=O)C[C@@H](C(C)O)C(=O)N1)C(=O)O. The lowest BCUT2D eigenvalue weighted by molar-refractivity contribution is -0.146. The lowest BCUT2D eigenvalue weighted by Crippen LogP contribution is -2.50. The maximum absolute atomic E-state index is 14.5. The fourth-order valence-electron chi connectivity index (χ4n) is 8.69. The van der Waals surface area contributed by atoms with E-state index in [1.807, 2.05) is 0 Å². The molecule has 0 radical (unpaired) electrons. The van der Waals surface area contributed by atoms with Crippen molar-refractivity contribution in [1.82, 2.24) is 26.6 Å². The number of benzene rings is 1. The number of phenolic OH excluding ortho intramolecular Hbond substituents is 1. The number of unbranched alkanes of at least 4 members (excludes halogenated alkanes) is 2. The van der Waals surface area contributed by atoms with E-state index in [2.05, 4.69) is 26.6 Å². The summed E-state index contributed by atoms with van der Waals surface area (Å²) in [4.78, 5) is 148. The molecule has 16 N–H and O–H groups in total. The molecule has 0 aliphatic carbocycles. The zero-order valence-corrected chi connectivity index (χ0v) is 43.8. The van der Waals surface area contributed by atoms with E-state index in [0.29, 0.717) is 50.6 Å². The molecule has 9 atom stereocenters. The van der Waals surface area contributed by atoms with Gasteiger partial charge in [0.25, 0.3) is 0 Å². The van der Waals surface area contributed by atoms with Crippen LogP contribution in [-0.4, -0.2) is 136 Å². The van der Waals surface area contributed by atoms with Gasteiger partial charge in [-0.3, -0.25) is 52.7 Å². The molecule has 1 fully saturated rings. The van der Waals surface area contributed by atoms with E-state index in [9.17, 15) is 68.1 Å². The maximum atomic E-state index is 14.5. The molecule has 1 aromatic rings. The summed E-state index contributed by atoms with van der Waals surface area (Å²) in [7, 11) is 0. The van der Waals surface area contributed by atoms with E-state index >= 15 is 0 Å². The maximum Gasteiger partial charge on any atom is 0.307 e. The highest BCUT2D eigenvalue weighted by Crippen LogP contribution is 2.23. The first-order chi connectivity index (χ1) is 35.5. The Morgan fingerprint density at radius 3 is 1.96 bits per heavy atom. The second-order valence-electron chi connectivity index (χ2n) is 20.0. The number of carboxylic acids is 1. The summed E-state index contributed by atoms with van der Waals surface area (Å²) in [5.41, 5.74) is 23.5. The zero-order chi connectivity index (χ0) is 56.2. The molecule has 0 spiro atoms. The van der Waals surface area contributed by atoms with Gasteiger partial charge >= 0.3 is 5.97 Å². The zero-order valence-electron chi connectivity index (χ0n) is 43.8. The van der Waals surface area contributed by atoms with Gasteiger partial charge in [0.05, 0.1) is 48.0 Å². The molecule has 1 saturated heterocycles. The summed E-state index contributed by atoms with van der Waals surface area (Å²) in [5, 5.41) is 44.0. The van der Waals surface area contributed by atoms with Crippen molar-refractivity contribution in [3.8, 4) is 5.75 Å². The number of nitrogens with one attached hydrogen (secondary N) is 5. The number of aliphatic carboxylic acids is 1. The summed E-state index contributed by atoms with van der Waals surface area (Å²) in [5.74, 6) is -13.7. The third-order valence-corrected chi connectivity index (χ3v) is 13.4. The lowest BCUT2D eigenvalue weighted by Gasteiger charge is -2.27. The normalized spacial score (nSPS) is 20.0. The van der Waals surface area contributed by atoms with Gasteiger partial charge in [0, 0.05) is 64.0 Å². The summed E-state index contributed by atoms with van der Waals surface area (Å²) in [6.45, 7) is 5.24. The Labute approximate surface area is 438 Å². The van der Waals surface area contributed by atoms with Crippen molar-refractivity contribution in [2.24, 2.45) is 52.5 Å². The highest BCUT2D eigenvalue weighted by Gasteiger charge is 2.37. The van der Waals surface area contributed by atoms with Crippen LogP contribution in [-0.2, 0) is 59.2 Å². The monoisotopic (exact) mass is 1060 g/mol. The quantitative estimate of drug-likeness (QED) is 0.0486. The number of aliphatic hydroxyl groups is 1. The van der Waals surface area contributed by atoms with Gasteiger partial charge < -0.3 is 64.8 Å². The molecule has 23 heteroatoms. The van der Waals surface area contributed by atoms with Gasteiger partial charge in [0.15, 0.2) is 17.3 Å². The molecule has 6 amide bonds. The third-order valence-electron chi connectivity index (χ3n) is 13.4. The van der Waals surface area contributed by atoms with E-state index in [-0.39, 0.29) is 76.2 Å². The van der Waals surface area contributed by atoms with Crippen molar-refractivity contribution in [2.75, 3.05) is 26.2 Å². The van der Waals surface area contributed by atoms with Crippen LogP contribution in [0.4, 0.5) is 0 Å². The van der Waals surface area contributed by atoms with E-state index in [1.165, 1.54) is 31.2 Å². The molecule has 0 aromatic heterocycles. The summed E-state index contributed by atoms with van der Waals surface area (Å²) < 4.78 is 0. The van der Waals surface area contributed by atoms with E-state index in [0.717, 1.165) is 0 Å². The van der Waals surface area contributed by atoms with Gasteiger partial charge in [0.1, 0.15) is 11.5 Å². The smallest absolute Gasteiger partial charge is 0.307 e. The molecular weight excluding hydrogens is 975 g/mol. The van der Waals surface area contributed by atoms with Crippen LogP contribution in [0.15, 0.2) is 24.3 Å². The number of nitrogens with two attached hydrogens (primary N) is 4. The van der Waals surface area contributed by atoms with Gasteiger partial charge in [-0.25, -0.2) is 0 Å². The number of carboxylic acid groups (broad SMARTS) is 1. The average molecular weight is 1060 g/mol. The van der Waals surface area contributed by atoms with Crippen molar-refractivity contribution >= 4 is 64.5 Å². The van der Waals surface area contributed by atoms with E-state index < -0.39 is 151 Å². The van der Waals surface area contributed by atoms with Crippen molar-refractivity contribution in [2.45, 2.75) is 167 Å². The summed E-state index contributed by atoms with van der Waals surface area (Å²) in [6.07, 6.45) is -1.99. The molecule has 420 valence electrons. The van der Waals surface area contributed by atoms with Crippen LogP contribution < -0.4 is 49.5 Å². The predicted molar refractivity (Wildman–Crippen MR) is 276 cm³/mol. The molecule has 0 saturated carbocycles. The number of rotatable bonds is 28. The third kappa shape index (κ3) is 24.8. The van der Waals surface area contributed by atoms with Gasteiger partial charge in [-0.05, 0) is 101 Å². The molecular formula is C52H83N9O14. The molecule has 0 bridgehead atoms. The molecule has 1 aliphatic rings. The lowest BCUT2D eigenvalue weighted by atomic mass is 9.87. The summed E-state index contributed by atoms with van der Waals surface area (Å²) >= 11 is 0. The Balaban J connectivity index is 2.55. The minimum absolute atomic E-state index is 0.0167. The van der Waals surface area contributed by atoms with E-state index in [4.69, 9.17) is 22.9 Å². The first-order valence-electron chi connectivity index (χ1n) is 26.2. The fraction of sp³-hybridized carbons (Fsp3) is 0.673. The van der Waals surface area contributed by atoms with Crippen LogP contribution in [0, 0.1) is 29.6 Å². The highest BCUT2D eigenvalue weighted by molar-refractivity contribution is 5.98. The number of hydrogen-bond donors (Lipinski definition) is 12. The fourth-order valence-corrected chi connectivity index (χ4v) is 8.69. The van der Waals surface area contributed by atoms with Gasteiger partial charge in [-0.1, -0.05) is 38.8 Å². The Kier molecular flexibility index (Phi) is 29.8. The topological polar surface area (TPSA) is 413 Å². The van der Waals surface area contributed by atoms with Gasteiger partial charge in [0.2, 0.25) is 35.4 Å². The first-order valence-corrected chi connectivity index (χ1v) is 26.2. The Morgan fingerprint density at radius 1 is 0.747 bits per heavy atom. The number of primary amides is 1.